The van der Waals surface area contributed by atoms with Crippen molar-refractivity contribution < 1.29 is 0 Å². The first-order chi connectivity index (χ1) is 8.66. The number of rotatable bonds is 4. The van der Waals surface area contributed by atoms with Gasteiger partial charge in [-0.05, 0) is 23.6 Å². The van der Waals surface area contributed by atoms with Gasteiger partial charge in [-0.15, -0.1) is 0 Å². The molecule has 0 amide bonds. The molecular formula is C17H21N. The average Bonchev–Trinajstić information content (AvgIpc) is 2.38. The number of hydrogen-bond donors (Lipinski definition) is 1. The van der Waals surface area contributed by atoms with Crippen molar-refractivity contribution in [2.45, 2.75) is 33.4 Å². The predicted octanol–water partition coefficient (Wildman–Crippen LogP) is 4.16. The fraction of sp³-hybridized carbons (Fsp3) is 0.294. The molecule has 0 spiro atoms. The van der Waals surface area contributed by atoms with E-state index in [9.17, 15) is 0 Å². The van der Waals surface area contributed by atoms with Crippen molar-refractivity contribution in [1.82, 2.24) is 5.32 Å². The number of nitrogens with one attached hydrogen (secondary N) is 1. The highest BCUT2D eigenvalue weighted by Crippen LogP contribution is 2.24. The van der Waals surface area contributed by atoms with Crippen LogP contribution in [0, 0.1) is 6.92 Å². The highest BCUT2D eigenvalue weighted by molar-refractivity contribution is 5.68. The predicted molar refractivity (Wildman–Crippen MR) is 78.6 cm³/mol. The highest BCUT2D eigenvalue weighted by Gasteiger charge is 2.05. The maximum atomic E-state index is 3.49. The first-order valence-corrected chi connectivity index (χ1v) is 6.55. The third-order valence-electron chi connectivity index (χ3n) is 3.05. The van der Waals surface area contributed by atoms with E-state index in [1.165, 1.54) is 22.3 Å². The van der Waals surface area contributed by atoms with Crippen molar-refractivity contribution in [3.8, 4) is 11.1 Å². The maximum absolute atomic E-state index is 3.49. The molecule has 18 heavy (non-hydrogen) atoms. The summed E-state index contributed by atoms with van der Waals surface area (Å²) in [5.41, 5.74) is 5.30. The summed E-state index contributed by atoms with van der Waals surface area (Å²) in [6.45, 7) is 7.42. The summed E-state index contributed by atoms with van der Waals surface area (Å²) in [5.74, 6) is 0. The summed E-state index contributed by atoms with van der Waals surface area (Å²) in [6, 6.07) is 17.8. The van der Waals surface area contributed by atoms with Gasteiger partial charge in [0, 0.05) is 12.6 Å². The Bertz CT molecular complexity index is 500. The molecule has 1 nitrogen and oxygen atoms in total. The minimum Gasteiger partial charge on any atom is -0.310 e. The molecule has 94 valence electrons. The zero-order valence-corrected chi connectivity index (χ0v) is 11.4. The molecule has 2 aromatic rings. The Hall–Kier alpha value is -1.60. The SMILES string of the molecule is Cc1ccc(CNC(C)C)c(-c2ccccc2)c1. The van der Waals surface area contributed by atoms with Gasteiger partial charge in [-0.2, -0.15) is 0 Å². The fourth-order valence-electron chi connectivity index (χ4n) is 2.04. The zero-order chi connectivity index (χ0) is 13.0. The van der Waals surface area contributed by atoms with Crippen LogP contribution in [0.3, 0.4) is 0 Å². The van der Waals surface area contributed by atoms with Crippen LogP contribution in [-0.4, -0.2) is 6.04 Å². The number of aryl methyl sites for hydroxylation is 1. The van der Waals surface area contributed by atoms with Crippen molar-refractivity contribution in [3.05, 3.63) is 59.7 Å². The summed E-state index contributed by atoms with van der Waals surface area (Å²) in [4.78, 5) is 0. The van der Waals surface area contributed by atoms with Crippen LogP contribution in [0.15, 0.2) is 48.5 Å². The van der Waals surface area contributed by atoms with Gasteiger partial charge in [0.25, 0.3) is 0 Å². The van der Waals surface area contributed by atoms with Crippen LogP contribution in [0.2, 0.25) is 0 Å². The summed E-state index contributed by atoms with van der Waals surface area (Å²) < 4.78 is 0. The van der Waals surface area contributed by atoms with Crippen molar-refractivity contribution in [3.63, 3.8) is 0 Å². The lowest BCUT2D eigenvalue weighted by Gasteiger charge is -2.13. The van der Waals surface area contributed by atoms with Gasteiger partial charge in [-0.3, -0.25) is 0 Å². The van der Waals surface area contributed by atoms with Gasteiger partial charge in [-0.25, -0.2) is 0 Å². The Morgan fingerprint density at radius 2 is 1.72 bits per heavy atom. The third kappa shape index (κ3) is 3.21. The van der Waals surface area contributed by atoms with Crippen LogP contribution in [0.1, 0.15) is 25.0 Å². The van der Waals surface area contributed by atoms with Crippen molar-refractivity contribution >= 4 is 0 Å². The van der Waals surface area contributed by atoms with Crippen LogP contribution in [0.4, 0.5) is 0 Å². The molecular weight excluding hydrogens is 218 g/mol. The normalized spacial score (nSPS) is 10.9. The fourth-order valence-corrected chi connectivity index (χ4v) is 2.04. The molecule has 0 heterocycles. The first kappa shape index (κ1) is 12.8. The molecule has 0 aliphatic rings. The largest absolute Gasteiger partial charge is 0.310 e. The van der Waals surface area contributed by atoms with Gasteiger partial charge in [0.05, 0.1) is 0 Å². The molecule has 0 aliphatic heterocycles. The summed E-state index contributed by atoms with van der Waals surface area (Å²) in [5, 5.41) is 3.49. The van der Waals surface area contributed by atoms with E-state index in [-0.39, 0.29) is 0 Å². The van der Waals surface area contributed by atoms with E-state index in [0.29, 0.717) is 6.04 Å². The maximum Gasteiger partial charge on any atom is 0.0214 e. The van der Waals surface area contributed by atoms with Crippen LogP contribution in [0.25, 0.3) is 11.1 Å². The van der Waals surface area contributed by atoms with Crippen molar-refractivity contribution in [2.24, 2.45) is 0 Å². The van der Waals surface area contributed by atoms with Gasteiger partial charge in [0.2, 0.25) is 0 Å². The average molecular weight is 239 g/mol. The molecule has 0 fully saturated rings. The topological polar surface area (TPSA) is 12.0 Å². The third-order valence-corrected chi connectivity index (χ3v) is 3.05. The Morgan fingerprint density at radius 3 is 2.39 bits per heavy atom. The van der Waals surface area contributed by atoms with E-state index < -0.39 is 0 Å². The Balaban J connectivity index is 2.35. The van der Waals surface area contributed by atoms with Crippen molar-refractivity contribution in [2.75, 3.05) is 0 Å². The van der Waals surface area contributed by atoms with Crippen LogP contribution >= 0.6 is 0 Å². The molecule has 0 aromatic heterocycles. The van der Waals surface area contributed by atoms with Gasteiger partial charge in [0.1, 0.15) is 0 Å². The lowest BCUT2D eigenvalue weighted by Crippen LogP contribution is -2.22. The molecule has 0 aliphatic carbocycles. The van der Waals surface area contributed by atoms with Crippen LogP contribution in [0.5, 0.6) is 0 Å². The first-order valence-electron chi connectivity index (χ1n) is 6.55. The minimum atomic E-state index is 0.509. The number of hydrogen-bond acceptors (Lipinski definition) is 1. The Morgan fingerprint density at radius 1 is 1.00 bits per heavy atom. The summed E-state index contributed by atoms with van der Waals surface area (Å²) >= 11 is 0. The summed E-state index contributed by atoms with van der Waals surface area (Å²) in [7, 11) is 0. The van der Waals surface area contributed by atoms with E-state index in [1.54, 1.807) is 0 Å². The van der Waals surface area contributed by atoms with Gasteiger partial charge < -0.3 is 5.32 Å². The van der Waals surface area contributed by atoms with E-state index >= 15 is 0 Å². The minimum absolute atomic E-state index is 0.509. The summed E-state index contributed by atoms with van der Waals surface area (Å²) in [6.07, 6.45) is 0. The molecule has 0 saturated carbocycles. The van der Waals surface area contributed by atoms with Gasteiger partial charge in [-0.1, -0.05) is 67.9 Å². The molecule has 1 heteroatoms. The van der Waals surface area contributed by atoms with E-state index in [2.05, 4.69) is 74.6 Å². The van der Waals surface area contributed by atoms with Gasteiger partial charge >= 0.3 is 0 Å². The monoisotopic (exact) mass is 239 g/mol. The molecule has 0 saturated heterocycles. The highest BCUT2D eigenvalue weighted by atomic mass is 14.9. The molecule has 1 N–H and O–H groups in total. The molecule has 2 aromatic carbocycles. The Kier molecular flexibility index (Phi) is 4.16. The smallest absolute Gasteiger partial charge is 0.0214 e. The Labute approximate surface area is 110 Å². The quantitative estimate of drug-likeness (QED) is 0.844. The van der Waals surface area contributed by atoms with E-state index in [1.807, 2.05) is 0 Å². The number of benzene rings is 2. The van der Waals surface area contributed by atoms with Gasteiger partial charge in [0.15, 0.2) is 0 Å². The molecule has 2 rings (SSSR count). The van der Waals surface area contributed by atoms with Crippen LogP contribution < -0.4 is 5.32 Å². The molecule has 0 radical (unpaired) electrons. The van der Waals surface area contributed by atoms with Crippen molar-refractivity contribution in [1.29, 1.82) is 0 Å². The molecule has 0 bridgehead atoms. The zero-order valence-electron chi connectivity index (χ0n) is 11.4. The lowest BCUT2D eigenvalue weighted by atomic mass is 9.97. The van der Waals surface area contributed by atoms with Crippen LogP contribution in [-0.2, 0) is 6.54 Å². The molecule has 0 unspecified atom stereocenters. The standard InChI is InChI=1S/C17H21N/c1-13(2)18-12-16-10-9-14(3)11-17(16)15-7-5-4-6-8-15/h4-11,13,18H,12H2,1-3H3. The van der Waals surface area contributed by atoms with E-state index in [4.69, 9.17) is 0 Å². The van der Waals surface area contributed by atoms with E-state index in [0.717, 1.165) is 6.54 Å². The second kappa shape index (κ2) is 5.83. The lowest BCUT2D eigenvalue weighted by molar-refractivity contribution is 0.589. The second-order valence-corrected chi connectivity index (χ2v) is 5.06. The molecule has 0 atom stereocenters. The second-order valence-electron chi connectivity index (χ2n) is 5.06.